The number of aryl methyl sites for hydroxylation is 2. The van der Waals surface area contributed by atoms with Gasteiger partial charge in [-0.15, -0.1) is 0 Å². The molecule has 3 rings (SSSR count). The van der Waals surface area contributed by atoms with E-state index in [9.17, 15) is 0 Å². The van der Waals surface area contributed by atoms with E-state index in [1.54, 1.807) is 0 Å². The van der Waals surface area contributed by atoms with Crippen LogP contribution in [0.3, 0.4) is 0 Å². The van der Waals surface area contributed by atoms with E-state index in [1.807, 2.05) is 6.92 Å². The molecule has 3 nitrogen and oxygen atoms in total. The van der Waals surface area contributed by atoms with Gasteiger partial charge < -0.3 is 4.90 Å². The molecule has 1 aliphatic heterocycles. The first-order valence-electron chi connectivity index (χ1n) is 7.47. The molecule has 0 fully saturated rings. The SMILES string of the molecule is CCc1c(C)nc(-c2ccc3c(c2)CCCN3C)nc1Cl. The number of hydrogen-bond donors (Lipinski definition) is 0. The van der Waals surface area contributed by atoms with Crippen LogP contribution < -0.4 is 4.90 Å². The topological polar surface area (TPSA) is 29.0 Å². The van der Waals surface area contributed by atoms with Gasteiger partial charge in [-0.05, 0) is 49.9 Å². The van der Waals surface area contributed by atoms with Gasteiger partial charge in [0.05, 0.1) is 0 Å². The van der Waals surface area contributed by atoms with E-state index in [0.717, 1.165) is 42.0 Å². The molecule has 2 aromatic rings. The molecular weight excluding hydrogens is 282 g/mol. The summed E-state index contributed by atoms with van der Waals surface area (Å²) >= 11 is 6.29. The quantitative estimate of drug-likeness (QED) is 0.784. The zero-order valence-electron chi connectivity index (χ0n) is 12.8. The van der Waals surface area contributed by atoms with E-state index in [2.05, 4.69) is 47.0 Å². The van der Waals surface area contributed by atoms with Crippen molar-refractivity contribution >= 4 is 17.3 Å². The number of halogens is 1. The van der Waals surface area contributed by atoms with Gasteiger partial charge >= 0.3 is 0 Å². The Bertz CT molecular complexity index is 659. The van der Waals surface area contributed by atoms with Crippen LogP contribution in [0, 0.1) is 6.92 Å². The molecule has 0 aliphatic carbocycles. The Labute approximate surface area is 131 Å². The Morgan fingerprint density at radius 3 is 2.81 bits per heavy atom. The second kappa shape index (κ2) is 5.64. The summed E-state index contributed by atoms with van der Waals surface area (Å²) in [5.74, 6) is 0.728. The van der Waals surface area contributed by atoms with E-state index in [0.29, 0.717) is 5.15 Å². The Hall–Kier alpha value is -1.61. The van der Waals surface area contributed by atoms with Gasteiger partial charge in [0.1, 0.15) is 5.15 Å². The van der Waals surface area contributed by atoms with E-state index in [-0.39, 0.29) is 0 Å². The molecule has 0 spiro atoms. The normalized spacial score (nSPS) is 14.2. The third-order valence-electron chi connectivity index (χ3n) is 4.21. The standard InChI is InChI=1S/C17H20ClN3/c1-4-14-11(2)19-17(20-16(14)18)13-7-8-15-12(10-13)6-5-9-21(15)3/h7-8,10H,4-6,9H2,1-3H3. The smallest absolute Gasteiger partial charge is 0.161 e. The number of hydrogen-bond acceptors (Lipinski definition) is 3. The second-order valence-corrected chi connectivity index (χ2v) is 5.98. The maximum absolute atomic E-state index is 6.29. The average molecular weight is 302 g/mol. The lowest BCUT2D eigenvalue weighted by atomic mass is 9.99. The number of fused-ring (bicyclic) bond motifs is 1. The fraction of sp³-hybridized carbons (Fsp3) is 0.412. The number of rotatable bonds is 2. The van der Waals surface area contributed by atoms with Gasteiger partial charge in [-0.25, -0.2) is 9.97 Å². The van der Waals surface area contributed by atoms with Crippen molar-refractivity contribution in [3.63, 3.8) is 0 Å². The largest absolute Gasteiger partial charge is 0.374 e. The molecule has 0 N–H and O–H groups in total. The third-order valence-corrected chi connectivity index (χ3v) is 4.52. The molecule has 0 saturated heterocycles. The Morgan fingerprint density at radius 2 is 2.10 bits per heavy atom. The van der Waals surface area contributed by atoms with Crippen molar-refractivity contribution in [2.24, 2.45) is 0 Å². The zero-order valence-corrected chi connectivity index (χ0v) is 13.5. The molecule has 21 heavy (non-hydrogen) atoms. The lowest BCUT2D eigenvalue weighted by molar-refractivity contribution is 0.744. The summed E-state index contributed by atoms with van der Waals surface area (Å²) in [5.41, 5.74) is 5.76. The summed E-state index contributed by atoms with van der Waals surface area (Å²) < 4.78 is 0. The monoisotopic (exact) mass is 301 g/mol. The van der Waals surface area contributed by atoms with Crippen LogP contribution in [-0.2, 0) is 12.8 Å². The minimum atomic E-state index is 0.579. The van der Waals surface area contributed by atoms with Crippen LogP contribution in [0.1, 0.15) is 30.2 Å². The van der Waals surface area contributed by atoms with Crippen molar-refractivity contribution in [3.05, 3.63) is 40.2 Å². The fourth-order valence-electron chi connectivity index (χ4n) is 3.02. The minimum Gasteiger partial charge on any atom is -0.374 e. The molecule has 2 heterocycles. The third kappa shape index (κ3) is 2.62. The highest BCUT2D eigenvalue weighted by Crippen LogP contribution is 2.30. The molecule has 0 radical (unpaired) electrons. The second-order valence-electron chi connectivity index (χ2n) is 5.62. The number of aromatic nitrogens is 2. The summed E-state index contributed by atoms with van der Waals surface area (Å²) in [6.45, 7) is 5.20. The van der Waals surface area contributed by atoms with Crippen LogP contribution in [0.5, 0.6) is 0 Å². The maximum atomic E-state index is 6.29. The van der Waals surface area contributed by atoms with Gasteiger partial charge in [-0.2, -0.15) is 0 Å². The molecule has 1 aromatic carbocycles. The Kier molecular flexibility index (Phi) is 3.85. The molecule has 110 valence electrons. The molecule has 4 heteroatoms. The highest BCUT2D eigenvalue weighted by molar-refractivity contribution is 6.30. The highest BCUT2D eigenvalue weighted by Gasteiger charge is 2.16. The summed E-state index contributed by atoms with van der Waals surface area (Å²) in [6, 6.07) is 6.48. The molecule has 0 unspecified atom stereocenters. The average Bonchev–Trinajstić information content (AvgIpc) is 2.47. The lowest BCUT2D eigenvalue weighted by Crippen LogP contribution is -2.24. The highest BCUT2D eigenvalue weighted by atomic mass is 35.5. The van der Waals surface area contributed by atoms with E-state index in [4.69, 9.17) is 11.6 Å². The van der Waals surface area contributed by atoms with E-state index < -0.39 is 0 Å². The van der Waals surface area contributed by atoms with E-state index in [1.165, 1.54) is 17.7 Å². The molecule has 0 bridgehead atoms. The van der Waals surface area contributed by atoms with Crippen LogP contribution in [0.2, 0.25) is 5.15 Å². The van der Waals surface area contributed by atoms with E-state index >= 15 is 0 Å². The van der Waals surface area contributed by atoms with Gasteiger partial charge in [0, 0.05) is 36.1 Å². The molecule has 0 atom stereocenters. The van der Waals surface area contributed by atoms with Crippen molar-refractivity contribution < 1.29 is 0 Å². The van der Waals surface area contributed by atoms with Crippen molar-refractivity contribution in [1.82, 2.24) is 9.97 Å². The first-order chi connectivity index (χ1) is 10.1. The molecule has 1 aromatic heterocycles. The Balaban J connectivity index is 2.05. The van der Waals surface area contributed by atoms with Gasteiger partial charge in [0.15, 0.2) is 5.82 Å². The summed E-state index contributed by atoms with van der Waals surface area (Å²) in [5, 5.41) is 0.579. The molecule has 0 amide bonds. The van der Waals surface area contributed by atoms with Gasteiger partial charge in [0.25, 0.3) is 0 Å². The van der Waals surface area contributed by atoms with Crippen molar-refractivity contribution in [1.29, 1.82) is 0 Å². The van der Waals surface area contributed by atoms with Crippen LogP contribution in [-0.4, -0.2) is 23.6 Å². The van der Waals surface area contributed by atoms with Gasteiger partial charge in [-0.1, -0.05) is 18.5 Å². The predicted molar refractivity (Wildman–Crippen MR) is 88.2 cm³/mol. The first kappa shape index (κ1) is 14.3. The Morgan fingerprint density at radius 1 is 1.29 bits per heavy atom. The van der Waals surface area contributed by atoms with Crippen LogP contribution in [0.15, 0.2) is 18.2 Å². The summed E-state index contributed by atoms with van der Waals surface area (Å²) in [6.07, 6.45) is 3.18. The van der Waals surface area contributed by atoms with Crippen LogP contribution in [0.25, 0.3) is 11.4 Å². The maximum Gasteiger partial charge on any atom is 0.161 e. The lowest BCUT2D eigenvalue weighted by Gasteiger charge is -2.27. The number of benzene rings is 1. The first-order valence-corrected chi connectivity index (χ1v) is 7.85. The molecule has 1 aliphatic rings. The summed E-state index contributed by atoms with van der Waals surface area (Å²) in [7, 11) is 2.14. The predicted octanol–water partition coefficient (Wildman–Crippen LogP) is 4.05. The fourth-order valence-corrected chi connectivity index (χ4v) is 3.37. The number of nitrogens with zero attached hydrogens (tertiary/aromatic N) is 3. The van der Waals surface area contributed by atoms with Crippen molar-refractivity contribution in [2.75, 3.05) is 18.5 Å². The van der Waals surface area contributed by atoms with Gasteiger partial charge in [0.2, 0.25) is 0 Å². The van der Waals surface area contributed by atoms with Crippen molar-refractivity contribution in [3.8, 4) is 11.4 Å². The number of anilines is 1. The van der Waals surface area contributed by atoms with Crippen LogP contribution >= 0.6 is 11.6 Å². The molecular formula is C17H20ClN3. The zero-order chi connectivity index (χ0) is 15.0. The van der Waals surface area contributed by atoms with Gasteiger partial charge in [-0.3, -0.25) is 0 Å². The van der Waals surface area contributed by atoms with Crippen molar-refractivity contribution in [2.45, 2.75) is 33.1 Å². The summed E-state index contributed by atoms with van der Waals surface area (Å²) in [4.78, 5) is 11.4. The van der Waals surface area contributed by atoms with Crippen LogP contribution in [0.4, 0.5) is 5.69 Å². The minimum absolute atomic E-state index is 0.579. The molecule has 0 saturated carbocycles.